The average molecular weight is 388 g/mol. The summed E-state index contributed by atoms with van der Waals surface area (Å²) < 4.78 is 9.03. The molecule has 0 atom stereocenters. The molecule has 0 aromatic heterocycles. The second-order valence-electron chi connectivity index (χ2n) is 5.75. The molecule has 0 amide bonds. The van der Waals surface area contributed by atoms with E-state index in [1.165, 1.54) is 0 Å². The number of carbonyl (C=O) groups is 6. The van der Waals surface area contributed by atoms with E-state index in [0.717, 1.165) is 0 Å². The van der Waals surface area contributed by atoms with E-state index in [9.17, 15) is 28.8 Å². The number of hydrogen-bond acceptors (Lipinski definition) is 8. The Morgan fingerprint density at radius 3 is 1.00 bits per heavy atom. The fourth-order valence-electron chi connectivity index (χ4n) is 1.93. The van der Waals surface area contributed by atoms with Gasteiger partial charge in [0.2, 0.25) is 0 Å². The van der Waals surface area contributed by atoms with E-state index in [4.69, 9.17) is 10.2 Å². The highest BCUT2D eigenvalue weighted by molar-refractivity contribution is 5.87. The first-order chi connectivity index (χ1) is 12.7. The molecule has 0 aliphatic rings. The SMILES string of the molecule is O=C(O)CCCCC(=O)OC(=O)CCCC(=O)OC(=O)CCCCC(=O)O. The van der Waals surface area contributed by atoms with Crippen molar-refractivity contribution in [2.45, 2.75) is 70.6 Å². The smallest absolute Gasteiger partial charge is 0.313 e. The minimum atomic E-state index is -0.968. The number of hydrogen-bond donors (Lipinski definition) is 2. The molecule has 0 spiro atoms. The lowest BCUT2D eigenvalue weighted by molar-refractivity contribution is -0.160. The molecule has 0 aliphatic heterocycles. The van der Waals surface area contributed by atoms with Crippen LogP contribution in [0.3, 0.4) is 0 Å². The van der Waals surface area contributed by atoms with E-state index in [2.05, 4.69) is 9.47 Å². The third-order valence-electron chi connectivity index (χ3n) is 3.26. The van der Waals surface area contributed by atoms with Crippen molar-refractivity contribution < 1.29 is 48.5 Å². The molecule has 152 valence electrons. The van der Waals surface area contributed by atoms with Gasteiger partial charge in [0.25, 0.3) is 0 Å². The standard InChI is InChI=1S/C17H24O10/c18-12(19)6-1-3-8-14(22)26-16(24)10-5-11-17(25)27-15(23)9-4-2-7-13(20)21/h1-11H2,(H,18,19)(H,20,21). The number of aliphatic carboxylic acids is 2. The lowest BCUT2D eigenvalue weighted by Gasteiger charge is -2.04. The summed E-state index contributed by atoms with van der Waals surface area (Å²) in [5.41, 5.74) is 0. The summed E-state index contributed by atoms with van der Waals surface area (Å²) in [4.78, 5) is 66.1. The predicted octanol–water partition coefficient (Wildman–Crippen LogP) is 1.59. The summed E-state index contributed by atoms with van der Waals surface area (Å²) in [5, 5.41) is 16.9. The number of rotatable bonds is 14. The highest BCUT2D eigenvalue weighted by Crippen LogP contribution is 2.06. The molecule has 0 fully saturated rings. The van der Waals surface area contributed by atoms with E-state index < -0.39 is 35.8 Å². The van der Waals surface area contributed by atoms with Gasteiger partial charge < -0.3 is 19.7 Å². The Hall–Kier alpha value is -2.78. The second kappa shape index (κ2) is 14.4. The van der Waals surface area contributed by atoms with E-state index >= 15 is 0 Å². The number of esters is 4. The lowest BCUT2D eigenvalue weighted by Crippen LogP contribution is -2.14. The van der Waals surface area contributed by atoms with E-state index in [-0.39, 0.29) is 44.9 Å². The van der Waals surface area contributed by atoms with E-state index in [1.807, 2.05) is 0 Å². The van der Waals surface area contributed by atoms with Gasteiger partial charge in [-0.05, 0) is 32.1 Å². The average Bonchev–Trinajstić information content (AvgIpc) is 2.55. The van der Waals surface area contributed by atoms with Gasteiger partial charge in [0.05, 0.1) is 0 Å². The van der Waals surface area contributed by atoms with Crippen LogP contribution in [0.25, 0.3) is 0 Å². The van der Waals surface area contributed by atoms with Crippen LogP contribution in [-0.2, 0) is 38.2 Å². The maximum absolute atomic E-state index is 11.4. The predicted molar refractivity (Wildman–Crippen MR) is 88.3 cm³/mol. The molecule has 0 aromatic carbocycles. The molecule has 0 rings (SSSR count). The molecule has 0 radical (unpaired) electrons. The van der Waals surface area contributed by atoms with E-state index in [1.54, 1.807) is 0 Å². The molecule has 0 saturated heterocycles. The monoisotopic (exact) mass is 388 g/mol. The molecule has 0 unspecified atom stereocenters. The number of unbranched alkanes of at least 4 members (excludes halogenated alkanes) is 2. The summed E-state index contributed by atoms with van der Waals surface area (Å²) in [6.45, 7) is 0. The van der Waals surface area contributed by atoms with Gasteiger partial charge in [0.15, 0.2) is 0 Å². The van der Waals surface area contributed by atoms with E-state index in [0.29, 0.717) is 25.7 Å². The number of carbonyl (C=O) groups excluding carboxylic acids is 4. The normalized spacial score (nSPS) is 10.1. The van der Waals surface area contributed by atoms with Crippen molar-refractivity contribution in [2.24, 2.45) is 0 Å². The third kappa shape index (κ3) is 16.4. The largest absolute Gasteiger partial charge is 0.481 e. The van der Waals surface area contributed by atoms with Crippen LogP contribution in [0.5, 0.6) is 0 Å². The molecule has 10 nitrogen and oxygen atoms in total. The Labute approximate surface area is 155 Å². The zero-order chi connectivity index (χ0) is 20.7. The highest BCUT2D eigenvalue weighted by atomic mass is 16.6. The number of carboxylic acid groups (broad SMARTS) is 2. The Bertz CT molecular complexity index is 504. The van der Waals surface area contributed by atoms with Crippen LogP contribution < -0.4 is 0 Å². The van der Waals surface area contributed by atoms with Gasteiger partial charge in [-0.25, -0.2) is 0 Å². The summed E-state index contributed by atoms with van der Waals surface area (Å²) in [6.07, 6.45) is 0.530. The Morgan fingerprint density at radius 2 is 0.704 bits per heavy atom. The van der Waals surface area contributed by atoms with Gasteiger partial charge in [-0.2, -0.15) is 0 Å². The van der Waals surface area contributed by atoms with Crippen molar-refractivity contribution in [3.05, 3.63) is 0 Å². The minimum Gasteiger partial charge on any atom is -0.481 e. The zero-order valence-corrected chi connectivity index (χ0v) is 14.9. The summed E-state index contributed by atoms with van der Waals surface area (Å²) in [5.74, 6) is -5.08. The van der Waals surface area contributed by atoms with Crippen molar-refractivity contribution in [3.63, 3.8) is 0 Å². The molecule has 10 heteroatoms. The van der Waals surface area contributed by atoms with Crippen LogP contribution in [0.2, 0.25) is 0 Å². The molecular formula is C17H24O10. The van der Waals surface area contributed by atoms with Crippen LogP contribution in [0.4, 0.5) is 0 Å². The molecule has 0 aliphatic carbocycles. The van der Waals surface area contributed by atoms with Crippen molar-refractivity contribution in [2.75, 3.05) is 0 Å². The van der Waals surface area contributed by atoms with Crippen molar-refractivity contribution in [3.8, 4) is 0 Å². The van der Waals surface area contributed by atoms with Gasteiger partial charge >= 0.3 is 35.8 Å². The highest BCUT2D eigenvalue weighted by Gasteiger charge is 2.14. The molecule has 0 aromatic rings. The maximum atomic E-state index is 11.4. The fourth-order valence-corrected chi connectivity index (χ4v) is 1.93. The second-order valence-corrected chi connectivity index (χ2v) is 5.75. The van der Waals surface area contributed by atoms with Gasteiger partial charge in [0.1, 0.15) is 0 Å². The molecule has 27 heavy (non-hydrogen) atoms. The molecule has 2 N–H and O–H groups in total. The van der Waals surface area contributed by atoms with Gasteiger partial charge in [-0.1, -0.05) is 0 Å². The number of ether oxygens (including phenoxy) is 2. The Kier molecular flexibility index (Phi) is 12.9. The minimum absolute atomic E-state index is 0.0380. The van der Waals surface area contributed by atoms with Crippen molar-refractivity contribution >= 4 is 35.8 Å². The first-order valence-corrected chi connectivity index (χ1v) is 8.61. The fraction of sp³-hybridized carbons (Fsp3) is 0.647. The van der Waals surface area contributed by atoms with Crippen LogP contribution in [0.15, 0.2) is 0 Å². The Balaban J connectivity index is 3.76. The third-order valence-corrected chi connectivity index (χ3v) is 3.26. The van der Waals surface area contributed by atoms with Crippen LogP contribution in [0, 0.1) is 0 Å². The molecule has 0 heterocycles. The first kappa shape index (κ1) is 24.2. The van der Waals surface area contributed by atoms with Crippen LogP contribution in [-0.4, -0.2) is 46.0 Å². The molecular weight excluding hydrogens is 364 g/mol. The quantitative estimate of drug-likeness (QED) is 0.254. The summed E-state index contributed by atoms with van der Waals surface area (Å²) in [7, 11) is 0. The topological polar surface area (TPSA) is 161 Å². The number of carboxylic acids is 2. The van der Waals surface area contributed by atoms with Crippen molar-refractivity contribution in [1.29, 1.82) is 0 Å². The zero-order valence-electron chi connectivity index (χ0n) is 14.9. The first-order valence-electron chi connectivity index (χ1n) is 8.61. The van der Waals surface area contributed by atoms with Gasteiger partial charge in [0, 0.05) is 38.5 Å². The van der Waals surface area contributed by atoms with Gasteiger partial charge in [-0.15, -0.1) is 0 Å². The summed E-state index contributed by atoms with van der Waals surface area (Å²) >= 11 is 0. The van der Waals surface area contributed by atoms with Crippen LogP contribution >= 0.6 is 0 Å². The van der Waals surface area contributed by atoms with Gasteiger partial charge in [-0.3, -0.25) is 28.8 Å². The maximum Gasteiger partial charge on any atom is 0.313 e. The Morgan fingerprint density at radius 1 is 0.444 bits per heavy atom. The van der Waals surface area contributed by atoms with Crippen LogP contribution in [0.1, 0.15) is 70.6 Å². The lowest BCUT2D eigenvalue weighted by atomic mass is 10.2. The van der Waals surface area contributed by atoms with Crippen molar-refractivity contribution in [1.82, 2.24) is 0 Å². The molecule has 0 saturated carbocycles. The molecule has 0 bridgehead atoms. The summed E-state index contributed by atoms with van der Waals surface area (Å²) in [6, 6.07) is 0.